The summed E-state index contributed by atoms with van der Waals surface area (Å²) in [6, 6.07) is 1.53. The Morgan fingerprint density at radius 3 is 3.08 bits per heavy atom. The molecule has 0 radical (unpaired) electrons. The van der Waals surface area contributed by atoms with Gasteiger partial charge in [0.25, 0.3) is 5.56 Å². The zero-order valence-electron chi connectivity index (χ0n) is 6.27. The molecule has 6 heteroatoms. The molecule has 2 rings (SSSR count). The molecule has 0 fully saturated rings. The molecule has 0 bridgehead atoms. The Balaban J connectivity index is 2.91. The van der Waals surface area contributed by atoms with Crippen LogP contribution in [0.2, 0.25) is 0 Å². The number of hydrogen-bond donors (Lipinski definition) is 2. The van der Waals surface area contributed by atoms with Crippen molar-refractivity contribution in [1.82, 2.24) is 9.36 Å². The molecule has 0 amide bonds. The van der Waals surface area contributed by atoms with Crippen molar-refractivity contribution < 1.29 is 9.90 Å². The highest BCUT2D eigenvalue weighted by Gasteiger charge is 2.13. The van der Waals surface area contributed by atoms with Crippen LogP contribution in [0.15, 0.2) is 17.1 Å². The summed E-state index contributed by atoms with van der Waals surface area (Å²) in [4.78, 5) is 24.3. The Morgan fingerprint density at radius 2 is 2.38 bits per heavy atom. The zero-order valence-corrected chi connectivity index (χ0v) is 7.09. The van der Waals surface area contributed by atoms with Crippen LogP contribution < -0.4 is 5.56 Å². The molecule has 66 valence electrons. The molecule has 0 spiro atoms. The average molecular weight is 196 g/mol. The van der Waals surface area contributed by atoms with E-state index in [9.17, 15) is 9.59 Å². The van der Waals surface area contributed by atoms with Gasteiger partial charge in [-0.1, -0.05) is 0 Å². The van der Waals surface area contributed by atoms with E-state index in [-0.39, 0.29) is 16.0 Å². The molecule has 0 saturated carbocycles. The predicted molar refractivity (Wildman–Crippen MR) is 47.2 cm³/mol. The number of carboxylic acid groups (broad SMARTS) is 1. The molecule has 2 N–H and O–H groups in total. The van der Waals surface area contributed by atoms with Crippen molar-refractivity contribution in [2.45, 2.75) is 0 Å². The molecule has 0 aliphatic carbocycles. The first-order valence-electron chi connectivity index (χ1n) is 3.40. The third-order valence-electron chi connectivity index (χ3n) is 1.60. The normalized spacial score (nSPS) is 10.5. The summed E-state index contributed by atoms with van der Waals surface area (Å²) in [5.74, 6) is -1.06. The highest BCUT2D eigenvalue weighted by atomic mass is 32.1. The van der Waals surface area contributed by atoms with Crippen molar-refractivity contribution in [3.63, 3.8) is 0 Å². The maximum absolute atomic E-state index is 11.1. The predicted octanol–water partition coefficient (Wildman–Crippen LogP) is 0.683. The van der Waals surface area contributed by atoms with E-state index in [1.54, 1.807) is 0 Å². The van der Waals surface area contributed by atoms with E-state index in [2.05, 4.69) is 9.36 Å². The first kappa shape index (κ1) is 7.93. The van der Waals surface area contributed by atoms with E-state index in [1.807, 2.05) is 0 Å². The summed E-state index contributed by atoms with van der Waals surface area (Å²) in [6.45, 7) is 0. The van der Waals surface area contributed by atoms with Crippen molar-refractivity contribution in [1.29, 1.82) is 0 Å². The standard InChI is InChI=1S/C7H4N2O3S/c10-6-4-3(1-2-8-6)5(7(11)12)13-9-4/h1-2H,(H,8,10)(H,11,12). The number of carboxylic acids is 1. The van der Waals surface area contributed by atoms with Gasteiger partial charge in [0.05, 0.1) is 0 Å². The summed E-state index contributed by atoms with van der Waals surface area (Å²) >= 11 is 0.816. The van der Waals surface area contributed by atoms with Crippen molar-refractivity contribution in [3.05, 3.63) is 27.5 Å². The fraction of sp³-hybridized carbons (Fsp3) is 0. The van der Waals surface area contributed by atoms with E-state index in [4.69, 9.17) is 5.11 Å². The second-order valence-electron chi connectivity index (χ2n) is 2.39. The lowest BCUT2D eigenvalue weighted by Gasteiger charge is -1.87. The molecule has 5 nitrogen and oxygen atoms in total. The molecule has 0 aliphatic rings. The number of hydrogen-bond acceptors (Lipinski definition) is 4. The number of H-pyrrole nitrogens is 1. The molecule has 2 aromatic rings. The Labute approximate surface area is 75.8 Å². The number of fused-ring (bicyclic) bond motifs is 1. The molecule has 0 unspecified atom stereocenters. The number of nitrogens with zero attached hydrogens (tertiary/aromatic N) is 1. The summed E-state index contributed by atoms with van der Waals surface area (Å²) in [6.07, 6.45) is 1.41. The molecule has 13 heavy (non-hydrogen) atoms. The molecule has 2 aromatic heterocycles. The Hall–Kier alpha value is -1.69. The van der Waals surface area contributed by atoms with Crippen LogP contribution in [0.5, 0.6) is 0 Å². The molecule has 2 heterocycles. The summed E-state index contributed by atoms with van der Waals surface area (Å²) in [5.41, 5.74) is -0.175. The minimum Gasteiger partial charge on any atom is -0.477 e. The van der Waals surface area contributed by atoms with Crippen LogP contribution >= 0.6 is 11.5 Å². The highest BCUT2D eigenvalue weighted by molar-refractivity contribution is 7.09. The van der Waals surface area contributed by atoms with Crippen LogP contribution in [0.3, 0.4) is 0 Å². The third kappa shape index (κ3) is 1.11. The van der Waals surface area contributed by atoms with Crippen molar-refractivity contribution in [2.75, 3.05) is 0 Å². The summed E-state index contributed by atoms with van der Waals surface area (Å²) in [7, 11) is 0. The maximum atomic E-state index is 11.1. The Morgan fingerprint density at radius 1 is 1.62 bits per heavy atom. The minimum absolute atomic E-state index is 0.0982. The maximum Gasteiger partial charge on any atom is 0.348 e. The van der Waals surface area contributed by atoms with Crippen LogP contribution in [0.25, 0.3) is 10.9 Å². The SMILES string of the molecule is O=C(O)c1snc2c(=O)[nH]ccc12. The van der Waals surface area contributed by atoms with Crippen LogP contribution in [0.1, 0.15) is 9.67 Å². The van der Waals surface area contributed by atoms with Gasteiger partial charge in [0, 0.05) is 11.6 Å². The van der Waals surface area contributed by atoms with E-state index < -0.39 is 5.97 Å². The second-order valence-corrected chi connectivity index (χ2v) is 3.16. The second kappa shape index (κ2) is 2.67. The third-order valence-corrected chi connectivity index (χ3v) is 2.45. The van der Waals surface area contributed by atoms with Gasteiger partial charge in [0.1, 0.15) is 10.4 Å². The van der Waals surface area contributed by atoms with E-state index in [1.165, 1.54) is 12.3 Å². The summed E-state index contributed by atoms with van der Waals surface area (Å²) in [5, 5.41) is 9.11. The lowest BCUT2D eigenvalue weighted by molar-refractivity contribution is 0.0704. The van der Waals surface area contributed by atoms with Crippen molar-refractivity contribution in [2.24, 2.45) is 0 Å². The van der Waals surface area contributed by atoms with Gasteiger partial charge >= 0.3 is 5.97 Å². The minimum atomic E-state index is -1.06. The quantitative estimate of drug-likeness (QED) is 0.702. The van der Waals surface area contributed by atoms with Gasteiger partial charge in [-0.2, -0.15) is 4.37 Å². The smallest absolute Gasteiger partial charge is 0.348 e. The van der Waals surface area contributed by atoms with Crippen LogP contribution in [-0.4, -0.2) is 20.4 Å². The molecule has 0 aliphatic heterocycles. The lowest BCUT2D eigenvalue weighted by atomic mass is 10.3. The lowest BCUT2D eigenvalue weighted by Crippen LogP contribution is -2.04. The van der Waals surface area contributed by atoms with Gasteiger partial charge in [-0.15, -0.1) is 0 Å². The first-order chi connectivity index (χ1) is 6.20. The number of carbonyl (C=O) groups is 1. The number of rotatable bonds is 1. The largest absolute Gasteiger partial charge is 0.477 e. The van der Waals surface area contributed by atoms with E-state index >= 15 is 0 Å². The molecule has 0 saturated heterocycles. The Kier molecular flexibility index (Phi) is 1.63. The highest BCUT2D eigenvalue weighted by Crippen LogP contribution is 2.18. The van der Waals surface area contributed by atoms with Gasteiger partial charge < -0.3 is 10.1 Å². The topological polar surface area (TPSA) is 83.0 Å². The van der Waals surface area contributed by atoms with E-state index in [0.717, 1.165) is 11.5 Å². The van der Waals surface area contributed by atoms with Crippen molar-refractivity contribution >= 4 is 28.4 Å². The molecule has 0 aromatic carbocycles. The van der Waals surface area contributed by atoms with Gasteiger partial charge in [-0.05, 0) is 17.6 Å². The molecule has 0 atom stereocenters. The zero-order chi connectivity index (χ0) is 9.42. The number of aromatic amines is 1. The first-order valence-corrected chi connectivity index (χ1v) is 4.18. The van der Waals surface area contributed by atoms with E-state index in [0.29, 0.717) is 5.39 Å². The van der Waals surface area contributed by atoms with Gasteiger partial charge in [0.15, 0.2) is 0 Å². The average Bonchev–Trinajstić information content (AvgIpc) is 2.48. The number of aromatic carboxylic acids is 1. The summed E-state index contributed by atoms with van der Waals surface area (Å²) < 4.78 is 3.76. The molecular weight excluding hydrogens is 192 g/mol. The van der Waals surface area contributed by atoms with Crippen LogP contribution in [0, 0.1) is 0 Å². The number of nitrogens with one attached hydrogen (secondary N) is 1. The van der Waals surface area contributed by atoms with Crippen LogP contribution in [0.4, 0.5) is 0 Å². The van der Waals surface area contributed by atoms with Crippen molar-refractivity contribution in [3.8, 4) is 0 Å². The van der Waals surface area contributed by atoms with Crippen LogP contribution in [-0.2, 0) is 0 Å². The number of pyridine rings is 1. The molecular formula is C7H4N2O3S. The Bertz CT molecular complexity index is 528. The number of aromatic nitrogens is 2. The van der Waals surface area contributed by atoms with Gasteiger partial charge in [-0.3, -0.25) is 4.79 Å². The monoisotopic (exact) mass is 196 g/mol. The van der Waals surface area contributed by atoms with Gasteiger partial charge in [0.2, 0.25) is 0 Å². The van der Waals surface area contributed by atoms with Gasteiger partial charge in [-0.25, -0.2) is 4.79 Å². The fourth-order valence-electron chi connectivity index (χ4n) is 1.04. The fourth-order valence-corrected chi connectivity index (χ4v) is 1.74.